The molecular formula is C43H52FN5O8S. The Morgan fingerprint density at radius 3 is 2.41 bits per heavy atom. The number of nitrogens with zero attached hydrogens (tertiary/aromatic N) is 4. The van der Waals surface area contributed by atoms with E-state index in [1.54, 1.807) is 24.2 Å². The number of hydrogen-bond donors (Lipinski definition) is 2. The molecule has 0 spiro atoms. The third kappa shape index (κ3) is 8.47. The Morgan fingerprint density at radius 2 is 1.81 bits per heavy atom. The van der Waals surface area contributed by atoms with Gasteiger partial charge in [-0.25, -0.2) is 17.9 Å². The Hall–Kier alpha value is -4.89. The summed E-state index contributed by atoms with van der Waals surface area (Å²) in [6.07, 6.45) is 1.61. The second-order valence-corrected chi connectivity index (χ2v) is 17.9. The van der Waals surface area contributed by atoms with Crippen LogP contribution in [0, 0.1) is 17.3 Å². The summed E-state index contributed by atoms with van der Waals surface area (Å²) in [7, 11) is 1.57. The number of methoxy groups -OCH3 is 1. The third-order valence-electron chi connectivity index (χ3n) is 12.0. The van der Waals surface area contributed by atoms with Crippen molar-refractivity contribution in [1.29, 1.82) is 0 Å². The van der Waals surface area contributed by atoms with E-state index in [9.17, 15) is 32.3 Å². The van der Waals surface area contributed by atoms with Gasteiger partial charge < -0.3 is 24.6 Å². The van der Waals surface area contributed by atoms with Gasteiger partial charge in [0.2, 0.25) is 17.7 Å². The molecule has 2 saturated carbocycles. The topological polar surface area (TPSA) is 159 Å². The van der Waals surface area contributed by atoms with Gasteiger partial charge in [-0.05, 0) is 49.7 Å². The van der Waals surface area contributed by atoms with Crippen LogP contribution >= 0.6 is 0 Å². The smallest absolute Gasteiger partial charge is 0.264 e. The number of carbonyl (C=O) groups excluding carboxylic acids is 4. The second kappa shape index (κ2) is 16.4. The van der Waals surface area contributed by atoms with E-state index < -0.39 is 76.1 Å². The fourth-order valence-corrected chi connectivity index (χ4v) is 9.04. The summed E-state index contributed by atoms with van der Waals surface area (Å²) in [5.41, 5.74) is -0.101. The molecule has 7 rings (SSSR count). The van der Waals surface area contributed by atoms with Gasteiger partial charge in [-0.1, -0.05) is 57.2 Å². The minimum Gasteiger partial charge on any atom is -0.497 e. The maximum absolute atomic E-state index is 14.9. The normalized spacial score (nSPS) is 24.5. The largest absolute Gasteiger partial charge is 0.497 e. The molecule has 3 heterocycles. The number of ether oxygens (including phenoxy) is 2. The van der Waals surface area contributed by atoms with Crippen LogP contribution in [0.15, 0.2) is 67.3 Å². The van der Waals surface area contributed by atoms with Crippen LogP contribution in [0.1, 0.15) is 65.7 Å². The molecular weight excluding hydrogens is 766 g/mol. The molecule has 310 valence electrons. The second-order valence-electron chi connectivity index (χ2n) is 17.0. The fraction of sp³-hybridized carbons (Fsp3) is 0.512. The molecule has 1 unspecified atom stereocenters. The highest BCUT2D eigenvalue weighted by Gasteiger charge is 2.64. The van der Waals surface area contributed by atoms with Gasteiger partial charge in [0.1, 0.15) is 35.4 Å². The van der Waals surface area contributed by atoms with Crippen molar-refractivity contribution in [1.82, 2.24) is 24.4 Å². The summed E-state index contributed by atoms with van der Waals surface area (Å²) in [6, 6.07) is 15.4. The van der Waals surface area contributed by atoms with Crippen LogP contribution in [0.25, 0.3) is 22.2 Å². The number of nitrogens with one attached hydrogen (secondary N) is 1. The average Bonchev–Trinajstić information content (AvgIpc) is 4.12. The zero-order valence-corrected chi connectivity index (χ0v) is 34.2. The number of hydrogen-bond acceptors (Lipinski definition) is 8. The van der Waals surface area contributed by atoms with Gasteiger partial charge in [-0.2, -0.15) is 0 Å². The van der Waals surface area contributed by atoms with E-state index in [1.807, 2.05) is 69.3 Å². The third-order valence-corrected chi connectivity index (χ3v) is 12.8. The summed E-state index contributed by atoms with van der Waals surface area (Å²) >= 11 is -2.60. The van der Waals surface area contributed by atoms with Gasteiger partial charge in [0.15, 0.2) is 0 Å². The lowest BCUT2D eigenvalue weighted by Gasteiger charge is -2.37. The molecule has 15 heteroatoms. The summed E-state index contributed by atoms with van der Waals surface area (Å²) in [5.74, 6) is -2.21. The number of piperidine rings is 1. The zero-order valence-electron chi connectivity index (χ0n) is 33.4. The van der Waals surface area contributed by atoms with Crippen molar-refractivity contribution in [3.05, 3.63) is 67.3 Å². The van der Waals surface area contributed by atoms with Crippen LogP contribution in [0.2, 0.25) is 0 Å². The number of pyridine rings is 1. The van der Waals surface area contributed by atoms with Crippen LogP contribution in [0.3, 0.4) is 0 Å². The van der Waals surface area contributed by atoms with Crippen LogP contribution in [0.5, 0.6) is 11.5 Å². The van der Waals surface area contributed by atoms with Gasteiger partial charge in [-0.3, -0.25) is 23.7 Å². The van der Waals surface area contributed by atoms with Crippen LogP contribution < -0.4 is 14.8 Å². The van der Waals surface area contributed by atoms with Crippen LogP contribution in [-0.2, 0) is 30.4 Å². The number of fused-ring (bicyclic) bond motifs is 1. The first-order valence-corrected chi connectivity index (χ1v) is 21.0. The summed E-state index contributed by atoms with van der Waals surface area (Å²) in [5, 5.41) is 3.60. The van der Waals surface area contributed by atoms with Crippen molar-refractivity contribution in [3.8, 4) is 22.8 Å². The van der Waals surface area contributed by atoms with Crippen molar-refractivity contribution in [2.75, 3.05) is 26.7 Å². The molecule has 0 bridgehead atoms. The summed E-state index contributed by atoms with van der Waals surface area (Å²) in [4.78, 5) is 65.1. The molecule has 2 aliphatic carbocycles. The lowest BCUT2D eigenvalue weighted by Crippen LogP contribution is -2.57. The Balaban J connectivity index is 1.22. The van der Waals surface area contributed by atoms with Gasteiger partial charge in [-0.15, -0.1) is 6.58 Å². The number of aromatic nitrogens is 1. The lowest BCUT2D eigenvalue weighted by atomic mass is 9.77. The first-order valence-electron chi connectivity index (χ1n) is 20.0. The number of benzene rings is 2. The molecule has 58 heavy (non-hydrogen) atoms. The number of likely N-dealkylation sites (tertiary alicyclic amines) is 2. The SMILES string of the molecule is C=C[C@@H]1C[C@]1(NC(=O)[C@@H]1C[C@@H](Oc2cc(-c3ccccc3)nc3cc(OC)ccc23)CN1C(=O)[C@@H](CC(=O)N1CCC(F)CC1)C(C)(C)C)C(=O)N(C1CC1)S(=O)O. The van der Waals surface area contributed by atoms with Crippen LogP contribution in [0.4, 0.5) is 4.39 Å². The zero-order chi connectivity index (χ0) is 41.5. The number of alkyl halides is 1. The fourth-order valence-electron chi connectivity index (χ4n) is 8.27. The molecule has 2 N–H and O–H groups in total. The van der Waals surface area contributed by atoms with E-state index in [0.717, 1.165) is 9.87 Å². The van der Waals surface area contributed by atoms with Crippen molar-refractivity contribution in [2.24, 2.45) is 17.3 Å². The average molecular weight is 818 g/mol. The van der Waals surface area contributed by atoms with Gasteiger partial charge in [0.25, 0.3) is 17.2 Å². The molecule has 4 aliphatic rings. The van der Waals surface area contributed by atoms with E-state index >= 15 is 0 Å². The van der Waals surface area contributed by atoms with E-state index in [0.29, 0.717) is 40.9 Å². The number of carbonyl (C=O) groups is 4. The van der Waals surface area contributed by atoms with Crippen LogP contribution in [-0.4, -0.2) is 108 Å². The van der Waals surface area contributed by atoms with Crippen molar-refractivity contribution in [3.63, 3.8) is 0 Å². The van der Waals surface area contributed by atoms with Gasteiger partial charge >= 0.3 is 0 Å². The highest BCUT2D eigenvalue weighted by molar-refractivity contribution is 7.77. The van der Waals surface area contributed by atoms with Crippen molar-refractivity contribution in [2.45, 2.75) is 95.6 Å². The van der Waals surface area contributed by atoms with Crippen molar-refractivity contribution < 1.29 is 41.8 Å². The Kier molecular flexibility index (Phi) is 11.7. The lowest BCUT2D eigenvalue weighted by molar-refractivity contribution is -0.149. The molecule has 6 atom stereocenters. The Bertz CT molecular complexity index is 2100. The summed E-state index contributed by atoms with van der Waals surface area (Å²) < 4.78 is 49.6. The van der Waals surface area contributed by atoms with E-state index in [1.165, 1.54) is 4.90 Å². The molecule has 1 aromatic heterocycles. The molecule has 0 radical (unpaired) electrons. The maximum Gasteiger partial charge on any atom is 0.264 e. The first kappa shape index (κ1) is 41.3. The summed E-state index contributed by atoms with van der Waals surface area (Å²) in [6.45, 7) is 9.97. The monoisotopic (exact) mass is 817 g/mol. The highest BCUT2D eigenvalue weighted by Crippen LogP contribution is 2.48. The van der Waals surface area contributed by atoms with E-state index in [2.05, 4.69) is 11.9 Å². The predicted molar refractivity (Wildman–Crippen MR) is 216 cm³/mol. The minimum atomic E-state index is -2.60. The molecule has 3 aromatic rings. The standard InChI is InChI=1S/C43H52FN5O8S/c1-6-27-24-43(27,41(53)49(58(54)55)29-12-13-29)46-39(51)36-21-31(25-48(36)40(52)33(42(2,3)4)22-38(50)47-18-16-28(44)17-19-47)57-37-23-34(26-10-8-7-9-11-26)45-35-20-30(56-5)14-15-32(35)37/h6-11,14-15,20,23,27-29,31,33,36H,1,12-13,16-19,21-22,24-25H2,2-5H3,(H,46,51)(H,54,55)/t27-,31-,33-,36+,43-/m1/s1. The minimum absolute atomic E-state index is 0.00767. The Labute approximate surface area is 340 Å². The van der Waals surface area contributed by atoms with E-state index in [-0.39, 0.29) is 57.6 Å². The molecule has 4 fully saturated rings. The number of amides is 4. The molecule has 2 aromatic carbocycles. The predicted octanol–water partition coefficient (Wildman–Crippen LogP) is 5.46. The van der Waals surface area contributed by atoms with Gasteiger partial charge in [0.05, 0.1) is 30.8 Å². The number of halogens is 1. The highest BCUT2D eigenvalue weighted by atomic mass is 32.2. The molecule has 2 aliphatic heterocycles. The van der Waals surface area contributed by atoms with Gasteiger partial charge in [0, 0.05) is 61.0 Å². The quantitative estimate of drug-likeness (QED) is 0.169. The number of rotatable bonds is 13. The molecule has 4 amide bonds. The first-order chi connectivity index (χ1) is 27.6. The van der Waals surface area contributed by atoms with E-state index in [4.69, 9.17) is 14.5 Å². The molecule has 13 nitrogen and oxygen atoms in total. The maximum atomic E-state index is 14.9. The Morgan fingerprint density at radius 1 is 1.10 bits per heavy atom. The van der Waals surface area contributed by atoms with Crippen molar-refractivity contribution >= 4 is 45.8 Å². The molecule has 2 saturated heterocycles.